The first-order valence-corrected chi connectivity index (χ1v) is 6.46. The second-order valence-electron chi connectivity index (χ2n) is 4.52. The molecule has 1 aromatic carbocycles. The summed E-state index contributed by atoms with van der Waals surface area (Å²) in [6, 6.07) is 4.02. The third-order valence-corrected chi connectivity index (χ3v) is 3.72. The first-order chi connectivity index (χ1) is 8.42. The Morgan fingerprint density at radius 3 is 2.56 bits per heavy atom. The van der Waals surface area contributed by atoms with E-state index in [-0.39, 0.29) is 37.0 Å². The van der Waals surface area contributed by atoms with Gasteiger partial charge in [-0.3, -0.25) is 9.59 Å². The van der Waals surface area contributed by atoms with Crippen molar-refractivity contribution in [2.75, 3.05) is 0 Å². The first kappa shape index (κ1) is 13.4. The molecule has 0 spiro atoms. The maximum absolute atomic E-state index is 13.6. The van der Waals surface area contributed by atoms with Gasteiger partial charge in [0.05, 0.1) is 5.56 Å². The Morgan fingerprint density at radius 2 is 1.94 bits per heavy atom. The minimum Gasteiger partial charge on any atom is -0.382 e. The maximum Gasteiger partial charge on any atom is 0.197 e. The molecule has 2 rings (SSSR count). The topological polar surface area (TPSA) is 54.4 Å². The summed E-state index contributed by atoms with van der Waals surface area (Å²) in [7, 11) is 0. The number of rotatable bonds is 2. The van der Waals surface area contributed by atoms with Crippen LogP contribution < -0.4 is 0 Å². The summed E-state index contributed by atoms with van der Waals surface area (Å²) in [6.07, 6.45) is 0.461. The van der Waals surface area contributed by atoms with Gasteiger partial charge in [0.15, 0.2) is 5.78 Å². The Bertz CT molecular complexity index is 503. The quantitative estimate of drug-likeness (QED) is 0.854. The van der Waals surface area contributed by atoms with E-state index in [0.29, 0.717) is 4.47 Å². The summed E-state index contributed by atoms with van der Waals surface area (Å²) in [6.45, 7) is 0. The lowest BCUT2D eigenvalue weighted by molar-refractivity contribution is -0.123. The highest BCUT2D eigenvalue weighted by Gasteiger charge is 2.40. The Labute approximate surface area is 112 Å². The number of ketones is 2. The highest BCUT2D eigenvalue weighted by Crippen LogP contribution is 2.31. The molecule has 1 saturated carbocycles. The lowest BCUT2D eigenvalue weighted by Crippen LogP contribution is -2.42. The molecule has 0 heterocycles. The number of halogens is 2. The average Bonchev–Trinajstić information content (AvgIpc) is 2.35. The van der Waals surface area contributed by atoms with Gasteiger partial charge in [0.2, 0.25) is 0 Å². The van der Waals surface area contributed by atoms with E-state index < -0.39 is 17.2 Å². The predicted octanol–water partition coefficient (Wildman–Crippen LogP) is 2.65. The standard InChI is InChI=1S/C13H12BrFO3/c14-8-1-2-11(15)10(7-8)12(17)13(18)5-3-9(16)4-6-13/h1-2,7,18H,3-6H2. The highest BCUT2D eigenvalue weighted by atomic mass is 79.9. The molecule has 0 aromatic heterocycles. The van der Waals surface area contributed by atoms with Crippen molar-refractivity contribution in [2.24, 2.45) is 0 Å². The van der Waals surface area contributed by atoms with Gasteiger partial charge in [-0.1, -0.05) is 15.9 Å². The maximum atomic E-state index is 13.6. The van der Waals surface area contributed by atoms with Gasteiger partial charge in [-0.2, -0.15) is 0 Å². The molecule has 3 nitrogen and oxygen atoms in total. The van der Waals surface area contributed by atoms with Crippen LogP contribution >= 0.6 is 15.9 Å². The third-order valence-electron chi connectivity index (χ3n) is 3.23. The van der Waals surface area contributed by atoms with E-state index in [1.54, 1.807) is 0 Å². The van der Waals surface area contributed by atoms with Crippen LogP contribution in [-0.4, -0.2) is 22.3 Å². The molecule has 1 aliphatic rings. The molecule has 1 aromatic rings. The molecule has 0 saturated heterocycles. The van der Waals surface area contributed by atoms with Crippen molar-refractivity contribution >= 4 is 27.5 Å². The number of hydrogen-bond acceptors (Lipinski definition) is 3. The van der Waals surface area contributed by atoms with Crippen molar-refractivity contribution in [1.82, 2.24) is 0 Å². The summed E-state index contributed by atoms with van der Waals surface area (Å²) in [4.78, 5) is 23.3. The van der Waals surface area contributed by atoms with Crippen molar-refractivity contribution < 1.29 is 19.1 Å². The summed E-state index contributed by atoms with van der Waals surface area (Å²) in [5, 5.41) is 10.2. The van der Waals surface area contributed by atoms with Crippen molar-refractivity contribution in [3.63, 3.8) is 0 Å². The largest absolute Gasteiger partial charge is 0.382 e. The number of benzene rings is 1. The van der Waals surface area contributed by atoms with Gasteiger partial charge in [0.1, 0.15) is 17.2 Å². The molecule has 0 aliphatic heterocycles. The average molecular weight is 315 g/mol. The van der Waals surface area contributed by atoms with Crippen LogP contribution in [0.3, 0.4) is 0 Å². The van der Waals surface area contributed by atoms with Crippen LogP contribution in [0.25, 0.3) is 0 Å². The molecule has 0 bridgehead atoms. The lowest BCUT2D eigenvalue weighted by Gasteiger charge is -2.30. The molecule has 96 valence electrons. The molecule has 0 amide bonds. The minimum absolute atomic E-state index is 0.0298. The Morgan fingerprint density at radius 1 is 1.33 bits per heavy atom. The molecule has 1 N–H and O–H groups in total. The minimum atomic E-state index is -1.62. The molecular formula is C13H12BrFO3. The van der Waals surface area contributed by atoms with Gasteiger partial charge < -0.3 is 5.11 Å². The van der Waals surface area contributed by atoms with E-state index in [1.807, 2.05) is 0 Å². The Hall–Kier alpha value is -1.07. The number of carbonyl (C=O) groups excluding carboxylic acids is 2. The molecule has 0 radical (unpaired) electrons. The van der Waals surface area contributed by atoms with E-state index in [4.69, 9.17) is 0 Å². The Balaban J connectivity index is 2.30. The zero-order valence-corrected chi connectivity index (χ0v) is 11.2. The number of hydrogen-bond donors (Lipinski definition) is 1. The van der Waals surface area contributed by atoms with Crippen LogP contribution in [0.2, 0.25) is 0 Å². The normalized spacial score (nSPS) is 18.7. The molecule has 5 heteroatoms. The van der Waals surface area contributed by atoms with Crippen molar-refractivity contribution in [2.45, 2.75) is 31.3 Å². The molecule has 18 heavy (non-hydrogen) atoms. The van der Waals surface area contributed by atoms with E-state index in [0.717, 1.165) is 0 Å². The van der Waals surface area contributed by atoms with Gasteiger partial charge >= 0.3 is 0 Å². The molecule has 1 fully saturated rings. The van der Waals surface area contributed by atoms with Crippen molar-refractivity contribution in [1.29, 1.82) is 0 Å². The number of carbonyl (C=O) groups is 2. The first-order valence-electron chi connectivity index (χ1n) is 5.66. The van der Waals surface area contributed by atoms with Crippen LogP contribution in [0.5, 0.6) is 0 Å². The second-order valence-corrected chi connectivity index (χ2v) is 5.44. The zero-order chi connectivity index (χ0) is 13.3. The van der Waals surface area contributed by atoms with Gasteiger partial charge in [-0.25, -0.2) is 4.39 Å². The van der Waals surface area contributed by atoms with Crippen LogP contribution in [0.1, 0.15) is 36.0 Å². The van der Waals surface area contributed by atoms with Crippen LogP contribution in [0.15, 0.2) is 22.7 Å². The van der Waals surface area contributed by atoms with Gasteiger partial charge in [-0.05, 0) is 31.0 Å². The fraction of sp³-hybridized carbons (Fsp3) is 0.385. The summed E-state index contributed by atoms with van der Waals surface area (Å²) in [5.41, 5.74) is -1.75. The summed E-state index contributed by atoms with van der Waals surface area (Å²) in [5.74, 6) is -1.27. The van der Waals surface area contributed by atoms with Crippen molar-refractivity contribution in [3.8, 4) is 0 Å². The van der Waals surface area contributed by atoms with E-state index in [9.17, 15) is 19.1 Å². The lowest BCUT2D eigenvalue weighted by atomic mass is 9.79. The van der Waals surface area contributed by atoms with Crippen LogP contribution in [0.4, 0.5) is 4.39 Å². The van der Waals surface area contributed by atoms with E-state index in [2.05, 4.69) is 15.9 Å². The third kappa shape index (κ3) is 2.52. The fourth-order valence-corrected chi connectivity index (χ4v) is 2.45. The van der Waals surface area contributed by atoms with Crippen LogP contribution in [0, 0.1) is 5.82 Å². The summed E-state index contributed by atoms with van der Waals surface area (Å²) >= 11 is 3.16. The van der Waals surface area contributed by atoms with E-state index >= 15 is 0 Å². The number of aliphatic hydroxyl groups is 1. The van der Waals surface area contributed by atoms with Gasteiger partial charge in [-0.15, -0.1) is 0 Å². The van der Waals surface area contributed by atoms with Crippen molar-refractivity contribution in [3.05, 3.63) is 34.1 Å². The predicted molar refractivity (Wildman–Crippen MR) is 66.9 cm³/mol. The van der Waals surface area contributed by atoms with Crippen LogP contribution in [-0.2, 0) is 4.79 Å². The monoisotopic (exact) mass is 314 g/mol. The molecule has 1 aliphatic carbocycles. The highest BCUT2D eigenvalue weighted by molar-refractivity contribution is 9.10. The van der Waals surface area contributed by atoms with Gasteiger partial charge in [0.25, 0.3) is 0 Å². The van der Waals surface area contributed by atoms with Gasteiger partial charge in [0, 0.05) is 17.3 Å². The second kappa shape index (κ2) is 4.90. The molecular weight excluding hydrogens is 303 g/mol. The Kier molecular flexibility index (Phi) is 3.64. The number of Topliss-reactive ketones (excluding diaryl/α,β-unsaturated/α-hetero) is 2. The SMILES string of the molecule is O=C1CCC(O)(C(=O)c2cc(Br)ccc2F)CC1. The molecule has 0 atom stereocenters. The zero-order valence-electron chi connectivity index (χ0n) is 9.58. The smallest absolute Gasteiger partial charge is 0.197 e. The summed E-state index contributed by atoms with van der Waals surface area (Å²) < 4.78 is 14.2. The molecule has 0 unspecified atom stereocenters. The fourth-order valence-electron chi connectivity index (χ4n) is 2.09. The van der Waals surface area contributed by atoms with E-state index in [1.165, 1.54) is 18.2 Å².